The molecule has 0 atom stereocenters. The van der Waals surface area contributed by atoms with Crippen LogP contribution in [-0.2, 0) is 6.18 Å². The van der Waals surface area contributed by atoms with Gasteiger partial charge < -0.3 is 21.3 Å². The van der Waals surface area contributed by atoms with Crippen LogP contribution >= 0.6 is 0 Å². The van der Waals surface area contributed by atoms with E-state index in [0.29, 0.717) is 23.5 Å². The summed E-state index contributed by atoms with van der Waals surface area (Å²) in [5, 5.41) is 6.51. The Kier molecular flexibility index (Phi) is 6.12. The lowest BCUT2D eigenvalue weighted by Gasteiger charge is -2.27. The summed E-state index contributed by atoms with van der Waals surface area (Å²) in [4.78, 5) is 10.5. The van der Waals surface area contributed by atoms with E-state index in [1.54, 1.807) is 6.07 Å². The second kappa shape index (κ2) is 8.53. The molecule has 0 spiro atoms. The maximum atomic E-state index is 13.0. The van der Waals surface area contributed by atoms with Crippen molar-refractivity contribution in [3.8, 4) is 11.1 Å². The first-order valence-electron chi connectivity index (χ1n) is 8.90. The Balaban J connectivity index is 1.70. The van der Waals surface area contributed by atoms with E-state index in [9.17, 15) is 13.2 Å². The molecular weight excluding hydrogens is 357 g/mol. The molecule has 1 aliphatic heterocycles. The van der Waals surface area contributed by atoms with Crippen LogP contribution in [0.2, 0.25) is 0 Å². The third-order valence-electron chi connectivity index (χ3n) is 4.46. The number of halogens is 3. The van der Waals surface area contributed by atoms with Crippen molar-refractivity contribution >= 4 is 11.8 Å². The van der Waals surface area contributed by atoms with Gasteiger partial charge in [0.2, 0.25) is 5.95 Å². The zero-order chi connectivity index (χ0) is 19.3. The molecule has 0 saturated carbocycles. The average molecular weight is 380 g/mol. The Labute approximate surface area is 156 Å². The minimum absolute atomic E-state index is 0.0790. The molecule has 2 heterocycles. The lowest BCUT2D eigenvalue weighted by atomic mass is 10.0. The van der Waals surface area contributed by atoms with Crippen LogP contribution in [0.4, 0.5) is 24.9 Å². The Morgan fingerprint density at radius 1 is 1.22 bits per heavy atom. The van der Waals surface area contributed by atoms with Gasteiger partial charge >= 0.3 is 6.18 Å². The maximum Gasteiger partial charge on any atom is 0.416 e. The number of alkyl halides is 3. The number of aromatic nitrogens is 2. The van der Waals surface area contributed by atoms with Crippen LogP contribution < -0.4 is 16.4 Å². The second-order valence-corrected chi connectivity index (χ2v) is 6.44. The summed E-state index contributed by atoms with van der Waals surface area (Å²) in [5.74, 6) is 0.525. The van der Waals surface area contributed by atoms with Crippen LogP contribution in [0.3, 0.4) is 0 Å². The highest BCUT2D eigenvalue weighted by atomic mass is 19.4. The van der Waals surface area contributed by atoms with Gasteiger partial charge in [-0.1, -0.05) is 12.1 Å². The van der Waals surface area contributed by atoms with Gasteiger partial charge in [-0.05, 0) is 30.7 Å². The van der Waals surface area contributed by atoms with Crippen LogP contribution in [0.5, 0.6) is 0 Å². The molecule has 27 heavy (non-hydrogen) atoms. The highest BCUT2D eigenvalue weighted by Gasteiger charge is 2.30. The standard InChI is InChI=1S/C18H23F3N6/c19-18(20,21)14-4-1-3-13(11-14)15-12-25-17(22)26-16(15)24-5-2-8-27-9-6-23-7-10-27/h1,3-4,11-12,23H,2,5-10H2,(H3,22,24,25,26). The molecular formula is C18H23F3N6. The Hall–Kier alpha value is -2.39. The molecule has 1 aliphatic rings. The summed E-state index contributed by atoms with van der Waals surface area (Å²) in [5.41, 5.74) is 5.86. The number of hydrogen-bond acceptors (Lipinski definition) is 6. The molecule has 1 aromatic carbocycles. The van der Waals surface area contributed by atoms with Crippen molar-refractivity contribution in [1.29, 1.82) is 0 Å². The number of piperazine rings is 1. The van der Waals surface area contributed by atoms with E-state index in [1.165, 1.54) is 12.3 Å². The molecule has 0 aliphatic carbocycles. The van der Waals surface area contributed by atoms with Gasteiger partial charge in [-0.25, -0.2) is 4.98 Å². The van der Waals surface area contributed by atoms with E-state index >= 15 is 0 Å². The summed E-state index contributed by atoms with van der Waals surface area (Å²) < 4.78 is 39.0. The quantitative estimate of drug-likeness (QED) is 0.668. The topological polar surface area (TPSA) is 79.1 Å². The largest absolute Gasteiger partial charge is 0.416 e. The summed E-state index contributed by atoms with van der Waals surface area (Å²) in [6, 6.07) is 5.13. The third-order valence-corrected chi connectivity index (χ3v) is 4.46. The lowest BCUT2D eigenvalue weighted by Crippen LogP contribution is -2.44. The normalized spacial score (nSPS) is 15.7. The van der Waals surface area contributed by atoms with Gasteiger partial charge in [-0.2, -0.15) is 18.2 Å². The predicted molar refractivity (Wildman–Crippen MR) is 99.3 cm³/mol. The predicted octanol–water partition coefficient (Wildman–Crippen LogP) is 2.45. The number of nitrogens with two attached hydrogens (primary N) is 1. The summed E-state index contributed by atoms with van der Waals surface area (Å²) in [6.07, 6.45) is -2.05. The Bertz CT molecular complexity index is 759. The van der Waals surface area contributed by atoms with Gasteiger partial charge in [0.1, 0.15) is 5.82 Å². The molecule has 0 amide bonds. The van der Waals surface area contributed by atoms with Crippen molar-refractivity contribution in [3.63, 3.8) is 0 Å². The summed E-state index contributed by atoms with van der Waals surface area (Å²) in [7, 11) is 0. The van der Waals surface area contributed by atoms with E-state index in [1.807, 2.05) is 0 Å². The minimum Gasteiger partial charge on any atom is -0.369 e. The third kappa shape index (κ3) is 5.30. The van der Waals surface area contributed by atoms with Gasteiger partial charge in [0.15, 0.2) is 0 Å². The van der Waals surface area contributed by atoms with E-state index in [-0.39, 0.29) is 5.95 Å². The second-order valence-electron chi connectivity index (χ2n) is 6.44. The van der Waals surface area contributed by atoms with E-state index in [0.717, 1.165) is 51.3 Å². The molecule has 2 aromatic rings. The fraction of sp³-hybridized carbons (Fsp3) is 0.444. The molecule has 9 heteroatoms. The Morgan fingerprint density at radius 3 is 2.74 bits per heavy atom. The van der Waals surface area contributed by atoms with Gasteiger partial charge in [-0.3, -0.25) is 0 Å². The number of benzene rings is 1. The number of hydrogen-bond donors (Lipinski definition) is 3. The first-order chi connectivity index (χ1) is 12.9. The zero-order valence-electron chi connectivity index (χ0n) is 14.9. The molecule has 0 radical (unpaired) electrons. The minimum atomic E-state index is -4.40. The molecule has 1 fully saturated rings. The first kappa shape index (κ1) is 19.4. The van der Waals surface area contributed by atoms with Gasteiger partial charge in [0, 0.05) is 44.5 Å². The number of rotatable bonds is 6. The van der Waals surface area contributed by atoms with Crippen molar-refractivity contribution in [2.24, 2.45) is 0 Å². The van der Waals surface area contributed by atoms with Gasteiger partial charge in [0.05, 0.1) is 5.56 Å². The molecule has 0 unspecified atom stereocenters. The SMILES string of the molecule is Nc1ncc(-c2cccc(C(F)(F)F)c2)c(NCCCN2CCNCC2)n1. The van der Waals surface area contributed by atoms with E-state index in [2.05, 4.69) is 25.5 Å². The van der Waals surface area contributed by atoms with Crippen LogP contribution in [-0.4, -0.2) is 54.1 Å². The van der Waals surface area contributed by atoms with Crippen molar-refractivity contribution in [2.45, 2.75) is 12.6 Å². The van der Waals surface area contributed by atoms with Crippen molar-refractivity contribution < 1.29 is 13.2 Å². The molecule has 146 valence electrons. The molecule has 0 bridgehead atoms. The highest BCUT2D eigenvalue weighted by Crippen LogP contribution is 2.33. The van der Waals surface area contributed by atoms with Crippen LogP contribution in [0.1, 0.15) is 12.0 Å². The van der Waals surface area contributed by atoms with Crippen molar-refractivity contribution in [2.75, 3.05) is 50.3 Å². The van der Waals surface area contributed by atoms with E-state index < -0.39 is 11.7 Å². The van der Waals surface area contributed by atoms with Gasteiger partial charge in [0.25, 0.3) is 0 Å². The molecule has 4 N–H and O–H groups in total. The monoisotopic (exact) mass is 380 g/mol. The Morgan fingerprint density at radius 2 is 2.00 bits per heavy atom. The maximum absolute atomic E-state index is 13.0. The molecule has 3 rings (SSSR count). The van der Waals surface area contributed by atoms with Crippen LogP contribution in [0.25, 0.3) is 11.1 Å². The van der Waals surface area contributed by atoms with E-state index in [4.69, 9.17) is 5.73 Å². The summed E-state index contributed by atoms with van der Waals surface area (Å²) >= 11 is 0. The first-order valence-corrected chi connectivity index (χ1v) is 8.90. The fourth-order valence-corrected chi connectivity index (χ4v) is 3.05. The lowest BCUT2D eigenvalue weighted by molar-refractivity contribution is -0.137. The average Bonchev–Trinajstić information content (AvgIpc) is 2.66. The van der Waals surface area contributed by atoms with Crippen LogP contribution in [0.15, 0.2) is 30.5 Å². The van der Waals surface area contributed by atoms with Gasteiger partial charge in [-0.15, -0.1) is 0 Å². The van der Waals surface area contributed by atoms with Crippen molar-refractivity contribution in [1.82, 2.24) is 20.2 Å². The number of nitrogen functional groups attached to an aromatic ring is 1. The number of nitrogens with one attached hydrogen (secondary N) is 2. The van der Waals surface area contributed by atoms with Crippen LogP contribution in [0, 0.1) is 0 Å². The highest BCUT2D eigenvalue weighted by molar-refractivity contribution is 5.75. The molecule has 6 nitrogen and oxygen atoms in total. The zero-order valence-corrected chi connectivity index (χ0v) is 14.9. The molecule has 1 aromatic heterocycles. The number of anilines is 2. The smallest absolute Gasteiger partial charge is 0.369 e. The number of nitrogens with zero attached hydrogens (tertiary/aromatic N) is 3. The molecule has 1 saturated heterocycles. The van der Waals surface area contributed by atoms with Crippen molar-refractivity contribution in [3.05, 3.63) is 36.0 Å². The summed E-state index contributed by atoms with van der Waals surface area (Å²) in [6.45, 7) is 5.64. The fourth-order valence-electron chi connectivity index (χ4n) is 3.05.